The number of rotatable bonds is 5. The molecule has 5 nitrogen and oxygen atoms in total. The minimum Gasteiger partial charge on any atom is -0.314 e. The van der Waals surface area contributed by atoms with Crippen LogP contribution in [-0.2, 0) is 0 Å². The van der Waals surface area contributed by atoms with E-state index in [2.05, 4.69) is 41.3 Å². The second-order valence-corrected chi connectivity index (χ2v) is 4.61. The van der Waals surface area contributed by atoms with Crippen molar-refractivity contribution in [2.24, 2.45) is 0 Å². The number of nitrogens with zero attached hydrogens (tertiary/aromatic N) is 4. The van der Waals surface area contributed by atoms with Crippen LogP contribution >= 0.6 is 0 Å². The topological polar surface area (TPSA) is 55.1 Å². The van der Waals surface area contributed by atoms with Gasteiger partial charge in [-0.1, -0.05) is 13.8 Å². The third-order valence-corrected chi connectivity index (χ3v) is 3.45. The van der Waals surface area contributed by atoms with Crippen molar-refractivity contribution in [2.45, 2.75) is 46.1 Å². The fourth-order valence-corrected chi connectivity index (χ4v) is 2.47. The molecule has 0 fully saturated rings. The molecule has 5 heteroatoms. The van der Waals surface area contributed by atoms with Crippen molar-refractivity contribution in [1.29, 1.82) is 0 Å². The van der Waals surface area contributed by atoms with Gasteiger partial charge in [0.05, 0.1) is 5.69 Å². The molecule has 0 aliphatic heterocycles. The van der Waals surface area contributed by atoms with E-state index in [1.807, 2.05) is 23.7 Å². The molecule has 98 valence electrons. The van der Waals surface area contributed by atoms with Gasteiger partial charge in [-0.25, -0.2) is 0 Å². The van der Waals surface area contributed by atoms with Gasteiger partial charge in [0.2, 0.25) is 0 Å². The second-order valence-electron chi connectivity index (χ2n) is 4.61. The maximum atomic E-state index is 4.53. The largest absolute Gasteiger partial charge is 0.314 e. The van der Waals surface area contributed by atoms with Crippen LogP contribution < -0.4 is 5.32 Å². The molecule has 0 spiro atoms. The lowest BCUT2D eigenvalue weighted by atomic mass is 9.94. The Morgan fingerprint density at radius 2 is 2.11 bits per heavy atom. The van der Waals surface area contributed by atoms with E-state index in [1.54, 1.807) is 0 Å². The highest BCUT2D eigenvalue weighted by molar-refractivity contribution is 5.45. The summed E-state index contributed by atoms with van der Waals surface area (Å²) in [5.41, 5.74) is 1.92. The zero-order chi connectivity index (χ0) is 13.1. The third-order valence-electron chi connectivity index (χ3n) is 3.45. The molecule has 18 heavy (non-hydrogen) atoms. The Morgan fingerprint density at radius 1 is 1.33 bits per heavy atom. The van der Waals surface area contributed by atoms with Gasteiger partial charge in [-0.15, -0.1) is 10.2 Å². The lowest BCUT2D eigenvalue weighted by Gasteiger charge is -2.22. The number of fused-ring (bicyclic) bond motifs is 1. The van der Waals surface area contributed by atoms with Crippen LogP contribution in [0.4, 0.5) is 0 Å². The number of hydrogen-bond donors (Lipinski definition) is 1. The van der Waals surface area contributed by atoms with Crippen LogP contribution in [0.5, 0.6) is 0 Å². The summed E-state index contributed by atoms with van der Waals surface area (Å²) in [4.78, 5) is 4.53. The first-order valence-corrected chi connectivity index (χ1v) is 6.58. The average molecular weight is 247 g/mol. The van der Waals surface area contributed by atoms with Gasteiger partial charge in [-0.05, 0) is 26.8 Å². The van der Waals surface area contributed by atoms with Gasteiger partial charge in [0, 0.05) is 24.4 Å². The molecule has 0 aliphatic rings. The molecule has 2 heterocycles. The predicted octanol–water partition coefficient (Wildman–Crippen LogP) is 1.92. The third kappa shape index (κ3) is 2.22. The van der Waals surface area contributed by atoms with Crippen LogP contribution in [0.3, 0.4) is 0 Å². The van der Waals surface area contributed by atoms with Crippen LogP contribution in [0.25, 0.3) is 5.65 Å². The van der Waals surface area contributed by atoms with Crippen LogP contribution in [-0.4, -0.2) is 32.2 Å². The lowest BCUT2D eigenvalue weighted by Crippen LogP contribution is -2.32. The smallest absolute Gasteiger partial charge is 0.182 e. The van der Waals surface area contributed by atoms with Crippen molar-refractivity contribution in [3.05, 3.63) is 23.9 Å². The summed E-state index contributed by atoms with van der Waals surface area (Å²) in [7, 11) is 0. The molecule has 0 radical (unpaired) electrons. The summed E-state index contributed by atoms with van der Waals surface area (Å²) in [5, 5.41) is 11.9. The Bertz CT molecular complexity index is 519. The van der Waals surface area contributed by atoms with E-state index in [-0.39, 0.29) is 0 Å². The molecule has 1 N–H and O–H groups in total. The summed E-state index contributed by atoms with van der Waals surface area (Å²) in [6, 6.07) is 0.385. The predicted molar refractivity (Wildman–Crippen MR) is 71.7 cm³/mol. The normalized spacial score (nSPS) is 14.9. The molecule has 2 rings (SSSR count). The highest BCUT2D eigenvalue weighted by Crippen LogP contribution is 2.24. The number of hydrogen-bond acceptors (Lipinski definition) is 4. The molecular weight excluding hydrogens is 226 g/mol. The minimum absolute atomic E-state index is 0.359. The van der Waals surface area contributed by atoms with Gasteiger partial charge in [-0.2, -0.15) is 0 Å². The Balaban J connectivity index is 2.44. The molecule has 2 aromatic heterocycles. The molecular formula is C13H21N5. The van der Waals surface area contributed by atoms with E-state index < -0.39 is 0 Å². The van der Waals surface area contributed by atoms with E-state index in [0.29, 0.717) is 12.0 Å². The number of nitrogens with one attached hydrogen (secondary N) is 1. The molecule has 2 aromatic rings. The minimum atomic E-state index is 0.359. The highest BCUT2D eigenvalue weighted by Gasteiger charge is 2.22. The van der Waals surface area contributed by atoms with Crippen LogP contribution in [0, 0.1) is 6.92 Å². The van der Waals surface area contributed by atoms with Crippen molar-refractivity contribution in [3.8, 4) is 0 Å². The zero-order valence-corrected chi connectivity index (χ0v) is 11.5. The molecule has 0 saturated carbocycles. The maximum absolute atomic E-state index is 4.53. The van der Waals surface area contributed by atoms with Crippen molar-refractivity contribution >= 4 is 5.65 Å². The van der Waals surface area contributed by atoms with Gasteiger partial charge < -0.3 is 5.32 Å². The van der Waals surface area contributed by atoms with E-state index in [1.165, 1.54) is 0 Å². The first-order valence-electron chi connectivity index (χ1n) is 6.58. The summed E-state index contributed by atoms with van der Waals surface area (Å²) >= 11 is 0. The van der Waals surface area contributed by atoms with Crippen LogP contribution in [0.2, 0.25) is 0 Å². The Hall–Kier alpha value is -1.49. The van der Waals surface area contributed by atoms with Crippen molar-refractivity contribution in [2.75, 3.05) is 6.54 Å². The Kier molecular flexibility index (Phi) is 3.91. The molecule has 0 aliphatic carbocycles. The van der Waals surface area contributed by atoms with Gasteiger partial charge in [-0.3, -0.25) is 9.38 Å². The lowest BCUT2D eigenvalue weighted by molar-refractivity contribution is 0.453. The van der Waals surface area contributed by atoms with Gasteiger partial charge in [0.1, 0.15) is 5.82 Å². The SMILES string of the molecule is CCNC(C)C(CC)c1nccn2c(C)nnc12. The quantitative estimate of drug-likeness (QED) is 0.877. The monoisotopic (exact) mass is 247 g/mol. The molecule has 2 atom stereocenters. The van der Waals surface area contributed by atoms with Gasteiger partial charge in [0.15, 0.2) is 5.65 Å². The van der Waals surface area contributed by atoms with Crippen molar-refractivity contribution in [3.63, 3.8) is 0 Å². The summed E-state index contributed by atoms with van der Waals surface area (Å²) in [6.45, 7) is 9.43. The fourth-order valence-electron chi connectivity index (χ4n) is 2.47. The fraction of sp³-hybridized carbons (Fsp3) is 0.615. The van der Waals surface area contributed by atoms with Crippen molar-refractivity contribution < 1.29 is 0 Å². The maximum Gasteiger partial charge on any atom is 0.182 e. The molecule has 2 unspecified atom stereocenters. The van der Waals surface area contributed by atoms with Crippen LogP contribution in [0.15, 0.2) is 12.4 Å². The summed E-state index contributed by atoms with van der Waals surface area (Å²) < 4.78 is 2.00. The number of aromatic nitrogens is 4. The first-order chi connectivity index (χ1) is 8.69. The van der Waals surface area contributed by atoms with Gasteiger partial charge >= 0.3 is 0 Å². The Morgan fingerprint density at radius 3 is 2.78 bits per heavy atom. The van der Waals surface area contributed by atoms with E-state index in [0.717, 1.165) is 30.1 Å². The average Bonchev–Trinajstić information content (AvgIpc) is 2.74. The number of likely N-dealkylation sites (N-methyl/N-ethyl adjacent to an activating group) is 1. The van der Waals surface area contributed by atoms with Crippen molar-refractivity contribution in [1.82, 2.24) is 24.9 Å². The van der Waals surface area contributed by atoms with E-state index in [9.17, 15) is 0 Å². The standard InChI is InChI=1S/C13H21N5/c1-5-11(9(3)14-6-2)12-13-17-16-10(4)18(13)8-7-15-12/h7-9,11,14H,5-6H2,1-4H3. The van der Waals surface area contributed by atoms with Crippen LogP contribution in [0.1, 0.15) is 44.6 Å². The van der Waals surface area contributed by atoms with E-state index >= 15 is 0 Å². The van der Waals surface area contributed by atoms with Gasteiger partial charge in [0.25, 0.3) is 0 Å². The molecule has 0 bridgehead atoms. The first kappa shape index (κ1) is 13.0. The number of aryl methyl sites for hydroxylation is 1. The molecule has 0 saturated heterocycles. The summed E-state index contributed by atoms with van der Waals surface area (Å²) in [6.07, 6.45) is 4.78. The van der Waals surface area contributed by atoms with E-state index in [4.69, 9.17) is 0 Å². The molecule has 0 amide bonds. The molecule has 0 aromatic carbocycles. The Labute approximate surface area is 108 Å². The highest BCUT2D eigenvalue weighted by atomic mass is 15.2. The summed E-state index contributed by atoms with van der Waals surface area (Å²) in [5.74, 6) is 1.26. The second kappa shape index (κ2) is 5.44. The zero-order valence-electron chi connectivity index (χ0n) is 11.5.